The first-order valence-corrected chi connectivity index (χ1v) is 7.35. The third kappa shape index (κ3) is 3.48. The first-order chi connectivity index (χ1) is 9.11. The number of anilines is 1. The van der Waals surface area contributed by atoms with Crippen molar-refractivity contribution in [2.24, 2.45) is 11.8 Å². The molecule has 0 spiro atoms. The Morgan fingerprint density at radius 2 is 2.16 bits per heavy atom. The zero-order valence-corrected chi connectivity index (χ0v) is 12.3. The number of carbonyl (C=O) groups is 1. The summed E-state index contributed by atoms with van der Waals surface area (Å²) in [6.07, 6.45) is 3.27. The molecule has 2 unspecified atom stereocenters. The van der Waals surface area contributed by atoms with Crippen molar-refractivity contribution in [1.29, 1.82) is 0 Å². The summed E-state index contributed by atoms with van der Waals surface area (Å²) in [6, 6.07) is 5.18. The van der Waals surface area contributed by atoms with Gasteiger partial charge in [0.1, 0.15) is 0 Å². The highest BCUT2D eigenvalue weighted by Gasteiger charge is 2.26. The van der Waals surface area contributed by atoms with Crippen molar-refractivity contribution in [3.05, 3.63) is 28.2 Å². The average molecular weight is 327 g/mol. The predicted octanol–water partition coefficient (Wildman–Crippen LogP) is 2.17. The van der Waals surface area contributed by atoms with Crippen LogP contribution >= 0.6 is 15.9 Å². The number of rotatable bonds is 4. The molecule has 5 heteroatoms. The Bertz CT molecular complexity index is 465. The lowest BCUT2D eigenvalue weighted by molar-refractivity contribution is 0.0938. The van der Waals surface area contributed by atoms with Gasteiger partial charge in [0.2, 0.25) is 0 Å². The fraction of sp³-hybridized carbons (Fsp3) is 0.500. The lowest BCUT2D eigenvalue weighted by Crippen LogP contribution is -2.31. The molecular formula is C14H19BrN2O2. The molecule has 4 nitrogen and oxygen atoms in total. The normalized spacial score (nSPS) is 22.4. The van der Waals surface area contributed by atoms with E-state index < -0.39 is 0 Å². The molecule has 1 aliphatic rings. The summed E-state index contributed by atoms with van der Waals surface area (Å²) >= 11 is 3.30. The lowest BCUT2D eigenvalue weighted by atomic mass is 9.97. The van der Waals surface area contributed by atoms with E-state index in [9.17, 15) is 9.90 Å². The number of hydrogen-bond acceptors (Lipinski definition) is 3. The molecule has 0 bridgehead atoms. The highest BCUT2D eigenvalue weighted by atomic mass is 79.9. The Balaban J connectivity index is 1.92. The summed E-state index contributed by atoms with van der Waals surface area (Å²) in [6.45, 7) is 0.839. The van der Waals surface area contributed by atoms with Crippen LogP contribution in [-0.2, 0) is 0 Å². The van der Waals surface area contributed by atoms with Gasteiger partial charge in [-0.3, -0.25) is 4.79 Å². The monoisotopic (exact) mass is 326 g/mol. The molecular weight excluding hydrogens is 308 g/mol. The second kappa shape index (κ2) is 6.39. The molecule has 1 aliphatic carbocycles. The molecule has 1 aromatic rings. The first kappa shape index (κ1) is 14.3. The van der Waals surface area contributed by atoms with Gasteiger partial charge in [0.15, 0.2) is 0 Å². The largest absolute Gasteiger partial charge is 0.398 e. The SMILES string of the molecule is Nc1cc(C(=O)NCC2CCCC2CO)ccc1Br. The van der Waals surface area contributed by atoms with Crippen LogP contribution in [0.5, 0.6) is 0 Å². The van der Waals surface area contributed by atoms with Gasteiger partial charge in [0, 0.05) is 28.9 Å². The van der Waals surface area contributed by atoms with Gasteiger partial charge in [0.25, 0.3) is 5.91 Å². The number of benzene rings is 1. The lowest BCUT2D eigenvalue weighted by Gasteiger charge is -2.17. The fourth-order valence-corrected chi connectivity index (χ4v) is 2.88. The topological polar surface area (TPSA) is 75.4 Å². The van der Waals surface area contributed by atoms with Crippen LogP contribution in [0.15, 0.2) is 22.7 Å². The van der Waals surface area contributed by atoms with Crippen molar-refractivity contribution in [3.8, 4) is 0 Å². The van der Waals surface area contributed by atoms with Crippen molar-refractivity contribution in [3.63, 3.8) is 0 Å². The maximum Gasteiger partial charge on any atom is 0.251 e. The first-order valence-electron chi connectivity index (χ1n) is 6.56. The number of hydrogen-bond donors (Lipinski definition) is 3. The summed E-state index contributed by atoms with van der Waals surface area (Å²) in [5.41, 5.74) is 6.89. The van der Waals surface area contributed by atoms with Crippen molar-refractivity contribution in [2.45, 2.75) is 19.3 Å². The van der Waals surface area contributed by atoms with E-state index in [0.29, 0.717) is 29.6 Å². The molecule has 2 atom stereocenters. The molecule has 1 fully saturated rings. The van der Waals surface area contributed by atoms with E-state index >= 15 is 0 Å². The van der Waals surface area contributed by atoms with E-state index in [4.69, 9.17) is 5.73 Å². The second-order valence-corrected chi connectivity index (χ2v) is 5.93. The molecule has 0 aromatic heterocycles. The van der Waals surface area contributed by atoms with Crippen LogP contribution in [0.4, 0.5) is 5.69 Å². The van der Waals surface area contributed by atoms with E-state index in [1.165, 1.54) is 0 Å². The van der Waals surface area contributed by atoms with Gasteiger partial charge in [-0.2, -0.15) is 0 Å². The maximum atomic E-state index is 12.0. The number of aliphatic hydroxyl groups is 1. The third-order valence-corrected chi connectivity index (χ3v) is 4.56. The number of nitrogens with two attached hydrogens (primary N) is 1. The summed E-state index contributed by atoms with van der Waals surface area (Å²) < 4.78 is 0.792. The Kier molecular flexibility index (Phi) is 4.82. The third-order valence-electron chi connectivity index (χ3n) is 3.83. The van der Waals surface area contributed by atoms with E-state index in [1.807, 2.05) is 0 Å². The Labute approximate surface area is 121 Å². The van der Waals surface area contributed by atoms with E-state index in [0.717, 1.165) is 23.7 Å². The summed E-state index contributed by atoms with van der Waals surface area (Å²) in [5.74, 6) is 0.611. The van der Waals surface area contributed by atoms with Gasteiger partial charge in [-0.1, -0.05) is 6.42 Å². The fourth-order valence-electron chi connectivity index (χ4n) is 2.63. The standard InChI is InChI=1S/C14H19BrN2O2/c15-12-5-4-9(6-13(12)16)14(19)17-7-10-2-1-3-11(10)8-18/h4-6,10-11,18H,1-3,7-8,16H2,(H,17,19). The molecule has 0 saturated heterocycles. The van der Waals surface area contributed by atoms with Gasteiger partial charge in [-0.25, -0.2) is 0 Å². The summed E-state index contributed by atoms with van der Waals surface area (Å²) in [7, 11) is 0. The van der Waals surface area contributed by atoms with Gasteiger partial charge >= 0.3 is 0 Å². The molecule has 0 heterocycles. The zero-order chi connectivity index (χ0) is 13.8. The molecule has 0 radical (unpaired) electrons. The van der Waals surface area contributed by atoms with Crippen molar-refractivity contribution >= 4 is 27.5 Å². The van der Waals surface area contributed by atoms with E-state index in [-0.39, 0.29) is 12.5 Å². The van der Waals surface area contributed by atoms with Gasteiger partial charge in [0.05, 0.1) is 0 Å². The molecule has 2 rings (SSSR count). The number of nitrogen functional groups attached to an aromatic ring is 1. The van der Waals surface area contributed by atoms with Crippen LogP contribution in [0.25, 0.3) is 0 Å². The Morgan fingerprint density at radius 3 is 2.84 bits per heavy atom. The predicted molar refractivity (Wildman–Crippen MR) is 78.8 cm³/mol. The second-order valence-electron chi connectivity index (χ2n) is 5.08. The molecule has 104 valence electrons. The number of nitrogens with one attached hydrogen (secondary N) is 1. The molecule has 19 heavy (non-hydrogen) atoms. The van der Waals surface area contributed by atoms with Crippen LogP contribution < -0.4 is 11.1 Å². The molecule has 4 N–H and O–H groups in total. The van der Waals surface area contributed by atoms with Crippen LogP contribution in [0.2, 0.25) is 0 Å². The molecule has 1 amide bonds. The summed E-state index contributed by atoms with van der Waals surface area (Å²) in [4.78, 5) is 12.0. The van der Waals surface area contributed by atoms with Crippen molar-refractivity contribution in [1.82, 2.24) is 5.32 Å². The van der Waals surface area contributed by atoms with Crippen LogP contribution in [0.3, 0.4) is 0 Å². The molecule has 1 saturated carbocycles. The van der Waals surface area contributed by atoms with E-state index in [1.54, 1.807) is 18.2 Å². The number of amides is 1. The Hall–Kier alpha value is -1.07. The minimum Gasteiger partial charge on any atom is -0.398 e. The van der Waals surface area contributed by atoms with Crippen molar-refractivity contribution < 1.29 is 9.90 Å². The minimum atomic E-state index is -0.109. The van der Waals surface area contributed by atoms with Crippen molar-refractivity contribution in [2.75, 3.05) is 18.9 Å². The van der Waals surface area contributed by atoms with Crippen LogP contribution in [0, 0.1) is 11.8 Å². The van der Waals surface area contributed by atoms with Gasteiger partial charge in [-0.15, -0.1) is 0 Å². The number of carbonyl (C=O) groups excluding carboxylic acids is 1. The Morgan fingerprint density at radius 1 is 1.42 bits per heavy atom. The molecule has 0 aliphatic heterocycles. The number of halogens is 1. The quantitative estimate of drug-likeness (QED) is 0.742. The van der Waals surface area contributed by atoms with Gasteiger partial charge in [-0.05, 0) is 58.8 Å². The van der Waals surface area contributed by atoms with Gasteiger partial charge < -0.3 is 16.2 Å². The van der Waals surface area contributed by atoms with Crippen LogP contribution in [-0.4, -0.2) is 24.2 Å². The van der Waals surface area contributed by atoms with Crippen LogP contribution in [0.1, 0.15) is 29.6 Å². The minimum absolute atomic E-state index is 0.109. The highest BCUT2D eigenvalue weighted by Crippen LogP contribution is 2.30. The zero-order valence-electron chi connectivity index (χ0n) is 10.7. The average Bonchev–Trinajstić information content (AvgIpc) is 2.86. The number of aliphatic hydroxyl groups excluding tert-OH is 1. The maximum absolute atomic E-state index is 12.0. The van der Waals surface area contributed by atoms with E-state index in [2.05, 4.69) is 21.2 Å². The summed E-state index contributed by atoms with van der Waals surface area (Å²) in [5, 5.41) is 12.2. The smallest absolute Gasteiger partial charge is 0.251 e. The highest BCUT2D eigenvalue weighted by molar-refractivity contribution is 9.10. The molecule has 1 aromatic carbocycles.